The Hall–Kier alpha value is -2.09. The van der Waals surface area contributed by atoms with Crippen LogP contribution in [0.3, 0.4) is 0 Å². The van der Waals surface area contributed by atoms with Crippen LogP contribution in [0.25, 0.3) is 0 Å². The maximum absolute atomic E-state index is 14.4. The number of ether oxygens (including phenoxy) is 1. The van der Waals surface area contributed by atoms with E-state index in [0.29, 0.717) is 6.61 Å². The monoisotopic (exact) mass is 324 g/mol. The third-order valence-corrected chi connectivity index (χ3v) is 4.90. The molecule has 0 aliphatic heterocycles. The highest BCUT2D eigenvalue weighted by Crippen LogP contribution is 2.35. The second kappa shape index (κ2) is 7.65. The van der Waals surface area contributed by atoms with Crippen LogP contribution in [-0.4, -0.2) is 6.61 Å². The van der Waals surface area contributed by atoms with Gasteiger partial charge in [-0.05, 0) is 79.0 Å². The lowest BCUT2D eigenvalue weighted by molar-refractivity contribution is 0.361. The zero-order valence-electron chi connectivity index (χ0n) is 14.5. The largest absolute Gasteiger partial charge is 0.490 e. The molecular weight excluding hydrogens is 299 g/mol. The van der Waals surface area contributed by atoms with Crippen LogP contribution >= 0.6 is 0 Å². The standard InChI is InChI=1S/C22H25FO/c1-3-5-12-24-20-10-9-17-14-19(8-7-18(17)15-20)21-11-6-16(4-2)13-22(21)23/h3,5-6,9-11,13,15,19H,4,7-8,12,14H2,1-2H3. The molecule has 0 bridgehead atoms. The average molecular weight is 324 g/mol. The Balaban J connectivity index is 1.75. The summed E-state index contributed by atoms with van der Waals surface area (Å²) in [5, 5.41) is 0. The minimum atomic E-state index is -0.0471. The van der Waals surface area contributed by atoms with E-state index in [1.807, 2.05) is 31.2 Å². The molecule has 1 nitrogen and oxygen atoms in total. The van der Waals surface area contributed by atoms with Gasteiger partial charge in [0.15, 0.2) is 0 Å². The number of aryl methyl sites for hydroxylation is 2. The van der Waals surface area contributed by atoms with Crippen molar-refractivity contribution in [1.29, 1.82) is 0 Å². The lowest BCUT2D eigenvalue weighted by atomic mass is 9.80. The van der Waals surface area contributed by atoms with Crippen molar-refractivity contribution in [3.05, 3.63) is 76.6 Å². The summed E-state index contributed by atoms with van der Waals surface area (Å²) < 4.78 is 20.1. The summed E-state index contributed by atoms with van der Waals surface area (Å²) in [6.07, 6.45) is 7.75. The molecule has 0 saturated carbocycles. The first-order chi connectivity index (χ1) is 11.7. The molecule has 0 amide bonds. The van der Waals surface area contributed by atoms with Gasteiger partial charge in [-0.3, -0.25) is 0 Å². The molecular formula is C22H25FO. The molecule has 0 aromatic heterocycles. The molecule has 0 fully saturated rings. The summed E-state index contributed by atoms with van der Waals surface area (Å²) in [6.45, 7) is 4.65. The van der Waals surface area contributed by atoms with Crippen LogP contribution in [0, 0.1) is 5.82 Å². The van der Waals surface area contributed by atoms with Gasteiger partial charge in [-0.15, -0.1) is 0 Å². The fraction of sp³-hybridized carbons (Fsp3) is 0.364. The van der Waals surface area contributed by atoms with Crippen molar-refractivity contribution >= 4 is 0 Å². The van der Waals surface area contributed by atoms with E-state index in [9.17, 15) is 4.39 Å². The van der Waals surface area contributed by atoms with E-state index in [1.54, 1.807) is 6.07 Å². The predicted molar refractivity (Wildman–Crippen MR) is 97.3 cm³/mol. The fourth-order valence-electron chi connectivity index (χ4n) is 3.45. The third kappa shape index (κ3) is 3.69. The minimum Gasteiger partial charge on any atom is -0.490 e. The number of hydrogen-bond acceptors (Lipinski definition) is 1. The van der Waals surface area contributed by atoms with E-state index >= 15 is 0 Å². The van der Waals surface area contributed by atoms with Crippen molar-refractivity contribution in [2.75, 3.05) is 6.61 Å². The van der Waals surface area contributed by atoms with Gasteiger partial charge in [-0.25, -0.2) is 4.39 Å². The quantitative estimate of drug-likeness (QED) is 0.649. The van der Waals surface area contributed by atoms with Crippen molar-refractivity contribution in [2.45, 2.75) is 45.4 Å². The summed E-state index contributed by atoms with van der Waals surface area (Å²) in [5.41, 5.74) is 4.60. The Labute approximate surface area is 144 Å². The SMILES string of the molecule is CC=CCOc1ccc2c(c1)CCC(c1ccc(CC)cc1F)C2. The van der Waals surface area contributed by atoms with Crippen molar-refractivity contribution < 1.29 is 9.13 Å². The average Bonchev–Trinajstić information content (AvgIpc) is 2.61. The molecule has 0 radical (unpaired) electrons. The first kappa shape index (κ1) is 16.8. The van der Waals surface area contributed by atoms with Crippen LogP contribution in [0.15, 0.2) is 48.6 Å². The van der Waals surface area contributed by atoms with E-state index in [0.717, 1.165) is 42.6 Å². The molecule has 126 valence electrons. The van der Waals surface area contributed by atoms with Gasteiger partial charge in [0.2, 0.25) is 0 Å². The Morgan fingerprint density at radius 2 is 2.04 bits per heavy atom. The molecule has 3 rings (SSSR count). The van der Waals surface area contributed by atoms with Crippen LogP contribution < -0.4 is 4.74 Å². The highest BCUT2D eigenvalue weighted by atomic mass is 19.1. The van der Waals surface area contributed by atoms with Crippen molar-refractivity contribution in [1.82, 2.24) is 0 Å². The number of halogens is 1. The predicted octanol–water partition coefficient (Wildman–Crippen LogP) is 5.62. The second-order valence-electron chi connectivity index (χ2n) is 6.46. The molecule has 2 aromatic carbocycles. The van der Waals surface area contributed by atoms with E-state index < -0.39 is 0 Å². The van der Waals surface area contributed by atoms with Crippen molar-refractivity contribution in [3.63, 3.8) is 0 Å². The van der Waals surface area contributed by atoms with Crippen LogP contribution in [0.2, 0.25) is 0 Å². The van der Waals surface area contributed by atoms with Crippen LogP contribution in [0.1, 0.15) is 48.4 Å². The van der Waals surface area contributed by atoms with Crippen LogP contribution in [-0.2, 0) is 19.3 Å². The smallest absolute Gasteiger partial charge is 0.126 e. The molecule has 2 heteroatoms. The van der Waals surface area contributed by atoms with Gasteiger partial charge in [0.1, 0.15) is 18.2 Å². The lowest BCUT2D eigenvalue weighted by Crippen LogP contribution is -2.14. The Morgan fingerprint density at radius 3 is 2.79 bits per heavy atom. The molecule has 0 N–H and O–H groups in total. The summed E-state index contributed by atoms with van der Waals surface area (Å²) in [5.74, 6) is 1.15. The molecule has 24 heavy (non-hydrogen) atoms. The first-order valence-corrected chi connectivity index (χ1v) is 8.85. The zero-order chi connectivity index (χ0) is 16.9. The number of allylic oxidation sites excluding steroid dienone is 1. The summed E-state index contributed by atoms with van der Waals surface area (Å²) >= 11 is 0. The molecule has 0 heterocycles. The van der Waals surface area contributed by atoms with Gasteiger partial charge in [-0.1, -0.05) is 37.3 Å². The van der Waals surface area contributed by atoms with Gasteiger partial charge >= 0.3 is 0 Å². The lowest BCUT2D eigenvalue weighted by Gasteiger charge is -2.26. The summed E-state index contributed by atoms with van der Waals surface area (Å²) in [4.78, 5) is 0. The second-order valence-corrected chi connectivity index (χ2v) is 6.46. The minimum absolute atomic E-state index is 0.0471. The highest BCUT2D eigenvalue weighted by molar-refractivity contribution is 5.40. The van der Waals surface area contributed by atoms with Gasteiger partial charge in [0, 0.05) is 0 Å². The molecule has 0 saturated heterocycles. The topological polar surface area (TPSA) is 9.23 Å². The first-order valence-electron chi connectivity index (χ1n) is 8.85. The van der Waals surface area contributed by atoms with E-state index in [2.05, 4.69) is 25.1 Å². The summed E-state index contributed by atoms with van der Waals surface area (Å²) in [6, 6.07) is 12.1. The Morgan fingerprint density at radius 1 is 1.17 bits per heavy atom. The summed E-state index contributed by atoms with van der Waals surface area (Å²) in [7, 11) is 0. The van der Waals surface area contributed by atoms with Crippen LogP contribution in [0.5, 0.6) is 5.75 Å². The van der Waals surface area contributed by atoms with Crippen molar-refractivity contribution in [2.24, 2.45) is 0 Å². The number of fused-ring (bicyclic) bond motifs is 1. The third-order valence-electron chi connectivity index (χ3n) is 4.90. The molecule has 1 aliphatic rings. The Kier molecular flexibility index (Phi) is 5.34. The Bertz CT molecular complexity index is 733. The van der Waals surface area contributed by atoms with Crippen LogP contribution in [0.4, 0.5) is 4.39 Å². The van der Waals surface area contributed by atoms with E-state index in [1.165, 1.54) is 11.1 Å². The zero-order valence-corrected chi connectivity index (χ0v) is 14.5. The molecule has 1 atom stereocenters. The van der Waals surface area contributed by atoms with E-state index in [4.69, 9.17) is 4.74 Å². The van der Waals surface area contributed by atoms with Gasteiger partial charge in [0.25, 0.3) is 0 Å². The molecule has 0 spiro atoms. The maximum atomic E-state index is 14.4. The normalized spacial score (nSPS) is 17.0. The van der Waals surface area contributed by atoms with Gasteiger partial charge in [0.05, 0.1) is 0 Å². The molecule has 1 aliphatic carbocycles. The highest BCUT2D eigenvalue weighted by Gasteiger charge is 2.23. The van der Waals surface area contributed by atoms with E-state index in [-0.39, 0.29) is 11.7 Å². The van der Waals surface area contributed by atoms with Gasteiger partial charge < -0.3 is 4.74 Å². The number of rotatable bonds is 5. The van der Waals surface area contributed by atoms with Gasteiger partial charge in [-0.2, -0.15) is 0 Å². The fourth-order valence-corrected chi connectivity index (χ4v) is 3.45. The number of benzene rings is 2. The van der Waals surface area contributed by atoms with Crippen molar-refractivity contribution in [3.8, 4) is 5.75 Å². The molecule has 2 aromatic rings. The number of hydrogen-bond donors (Lipinski definition) is 0. The maximum Gasteiger partial charge on any atom is 0.126 e. The molecule has 1 unspecified atom stereocenters.